The second-order valence-corrected chi connectivity index (χ2v) is 6.09. The minimum absolute atomic E-state index is 0.181. The van der Waals surface area contributed by atoms with Crippen molar-refractivity contribution >= 4 is 22.6 Å². The zero-order valence-corrected chi connectivity index (χ0v) is 11.8. The highest BCUT2D eigenvalue weighted by Crippen LogP contribution is 2.11. The van der Waals surface area contributed by atoms with Gasteiger partial charge in [0.05, 0.1) is 0 Å². The monoisotopic (exact) mass is 296 g/mol. The molecule has 1 saturated heterocycles. The van der Waals surface area contributed by atoms with E-state index in [1.54, 1.807) is 31.2 Å². The Morgan fingerprint density at radius 3 is 2.70 bits per heavy atom. The Morgan fingerprint density at radius 2 is 2.10 bits per heavy atom. The molecule has 0 spiro atoms. The van der Waals surface area contributed by atoms with Gasteiger partial charge in [0.15, 0.2) is 6.61 Å². The molecule has 6 nitrogen and oxygen atoms in total. The van der Waals surface area contributed by atoms with E-state index < -0.39 is 28.1 Å². The number of hydrogen-bond acceptors (Lipinski definition) is 4. The van der Waals surface area contributed by atoms with Crippen LogP contribution in [0.15, 0.2) is 30.3 Å². The number of rotatable bonds is 6. The van der Waals surface area contributed by atoms with Gasteiger partial charge in [0.25, 0.3) is 5.91 Å². The molecule has 2 rings (SSSR count). The fourth-order valence-electron chi connectivity index (χ4n) is 1.77. The predicted molar refractivity (Wildman–Crippen MR) is 74.5 cm³/mol. The molecule has 20 heavy (non-hydrogen) atoms. The Hall–Kier alpha value is -1.89. The molecule has 1 aliphatic heterocycles. The van der Waals surface area contributed by atoms with Crippen LogP contribution in [0.5, 0.6) is 5.75 Å². The Balaban J connectivity index is 1.82. The van der Waals surface area contributed by atoms with Gasteiger partial charge in [0, 0.05) is 16.6 Å². The second-order valence-electron chi connectivity index (χ2n) is 4.25. The van der Waals surface area contributed by atoms with Gasteiger partial charge in [0.1, 0.15) is 17.2 Å². The van der Waals surface area contributed by atoms with Crippen molar-refractivity contribution in [2.24, 2.45) is 0 Å². The Morgan fingerprint density at radius 1 is 1.40 bits per heavy atom. The van der Waals surface area contributed by atoms with Crippen LogP contribution >= 0.6 is 0 Å². The highest BCUT2D eigenvalue weighted by molar-refractivity contribution is 7.85. The molecule has 0 radical (unpaired) electrons. The molecule has 0 aliphatic carbocycles. The largest absolute Gasteiger partial charge is 0.484 e. The zero-order chi connectivity index (χ0) is 14.5. The van der Waals surface area contributed by atoms with Crippen LogP contribution < -0.4 is 15.4 Å². The molecule has 1 aromatic carbocycles. The van der Waals surface area contributed by atoms with Crippen LogP contribution in [0.25, 0.3) is 0 Å². The SMILES string of the molecule is CCS(=O)[C@@H]1NC(=O)[C@H]1NC(=O)COc1ccccc1. The molecule has 3 atom stereocenters. The molecule has 7 heteroatoms. The van der Waals surface area contributed by atoms with Crippen molar-refractivity contribution in [3.63, 3.8) is 0 Å². The first kappa shape index (κ1) is 14.5. The molecule has 0 bridgehead atoms. The molecule has 1 aliphatic rings. The Kier molecular flexibility index (Phi) is 4.73. The molecule has 1 aromatic rings. The first-order chi connectivity index (χ1) is 9.61. The van der Waals surface area contributed by atoms with E-state index in [2.05, 4.69) is 10.6 Å². The van der Waals surface area contributed by atoms with Gasteiger partial charge >= 0.3 is 0 Å². The molecular weight excluding hydrogens is 280 g/mol. The van der Waals surface area contributed by atoms with Crippen LogP contribution in [-0.2, 0) is 20.4 Å². The number of benzene rings is 1. The third-order valence-corrected chi connectivity index (χ3v) is 4.39. The normalized spacial score (nSPS) is 22.4. The summed E-state index contributed by atoms with van der Waals surface area (Å²) in [4.78, 5) is 23.1. The highest BCUT2D eigenvalue weighted by atomic mass is 32.2. The van der Waals surface area contributed by atoms with Gasteiger partial charge in [0.2, 0.25) is 5.91 Å². The van der Waals surface area contributed by atoms with Crippen molar-refractivity contribution in [1.29, 1.82) is 0 Å². The fraction of sp³-hybridized carbons (Fsp3) is 0.385. The summed E-state index contributed by atoms with van der Waals surface area (Å²) in [6, 6.07) is 8.18. The number of para-hydroxylation sites is 1. The Labute approximate surface area is 119 Å². The fourth-order valence-corrected chi connectivity index (χ4v) is 2.88. The third-order valence-electron chi connectivity index (χ3n) is 2.87. The van der Waals surface area contributed by atoms with Gasteiger partial charge in [-0.05, 0) is 12.1 Å². The van der Waals surface area contributed by atoms with Gasteiger partial charge in [-0.2, -0.15) is 0 Å². The maximum atomic E-state index is 11.7. The lowest BCUT2D eigenvalue weighted by molar-refractivity contribution is -0.135. The van der Waals surface area contributed by atoms with Crippen molar-refractivity contribution in [1.82, 2.24) is 10.6 Å². The number of carbonyl (C=O) groups is 2. The van der Waals surface area contributed by atoms with E-state index in [-0.39, 0.29) is 12.5 Å². The maximum absolute atomic E-state index is 11.7. The lowest BCUT2D eigenvalue weighted by atomic mass is 10.1. The standard InChI is InChI=1S/C13H16N2O4S/c1-2-20(18)13-11(12(17)15-13)14-10(16)8-19-9-6-4-3-5-7-9/h3-7,11,13H,2,8H2,1H3,(H,14,16)(H,15,17)/t11-,13+,20?/m1/s1. The molecule has 1 unspecified atom stereocenters. The average molecular weight is 296 g/mol. The average Bonchev–Trinajstić information content (AvgIpc) is 2.48. The summed E-state index contributed by atoms with van der Waals surface area (Å²) in [5.41, 5.74) is 0. The van der Waals surface area contributed by atoms with Crippen molar-refractivity contribution in [2.45, 2.75) is 18.3 Å². The van der Waals surface area contributed by atoms with Gasteiger partial charge in [-0.1, -0.05) is 25.1 Å². The lowest BCUT2D eigenvalue weighted by Gasteiger charge is -2.35. The van der Waals surface area contributed by atoms with E-state index >= 15 is 0 Å². The third kappa shape index (κ3) is 3.36. The van der Waals surface area contributed by atoms with Gasteiger partial charge in [-0.15, -0.1) is 0 Å². The zero-order valence-electron chi connectivity index (χ0n) is 11.0. The summed E-state index contributed by atoms with van der Waals surface area (Å²) in [5, 5.41) is 4.55. The van der Waals surface area contributed by atoms with E-state index in [1.807, 2.05) is 6.07 Å². The molecular formula is C13H16N2O4S. The van der Waals surface area contributed by atoms with E-state index in [1.165, 1.54) is 0 Å². The van der Waals surface area contributed by atoms with E-state index in [4.69, 9.17) is 4.74 Å². The number of carbonyl (C=O) groups excluding carboxylic acids is 2. The summed E-state index contributed by atoms with van der Waals surface area (Å²) >= 11 is 0. The van der Waals surface area contributed by atoms with Crippen LogP contribution in [-0.4, -0.2) is 39.8 Å². The number of ether oxygens (including phenoxy) is 1. The summed E-state index contributed by atoms with van der Waals surface area (Å²) in [6.07, 6.45) is 0. The van der Waals surface area contributed by atoms with E-state index in [0.717, 1.165) is 0 Å². The predicted octanol–water partition coefficient (Wildman–Crippen LogP) is -0.225. The topological polar surface area (TPSA) is 84.5 Å². The highest BCUT2D eigenvalue weighted by Gasteiger charge is 2.43. The molecule has 0 saturated carbocycles. The van der Waals surface area contributed by atoms with Crippen molar-refractivity contribution in [2.75, 3.05) is 12.4 Å². The van der Waals surface area contributed by atoms with E-state index in [9.17, 15) is 13.8 Å². The minimum Gasteiger partial charge on any atom is -0.484 e. The summed E-state index contributed by atoms with van der Waals surface area (Å²) < 4.78 is 16.9. The number of β-lactam (4-membered cyclic amide) rings is 1. The quantitative estimate of drug-likeness (QED) is 0.711. The molecule has 1 fully saturated rings. The van der Waals surface area contributed by atoms with E-state index in [0.29, 0.717) is 11.5 Å². The van der Waals surface area contributed by atoms with Gasteiger partial charge in [-0.3, -0.25) is 13.8 Å². The van der Waals surface area contributed by atoms with Crippen LogP contribution in [0.4, 0.5) is 0 Å². The number of nitrogens with one attached hydrogen (secondary N) is 2. The van der Waals surface area contributed by atoms with Crippen LogP contribution in [0, 0.1) is 0 Å². The lowest BCUT2D eigenvalue weighted by Crippen LogP contribution is -2.71. The van der Waals surface area contributed by atoms with Crippen molar-refractivity contribution in [3.8, 4) is 5.75 Å². The van der Waals surface area contributed by atoms with Crippen LogP contribution in [0.3, 0.4) is 0 Å². The first-order valence-corrected chi connectivity index (χ1v) is 7.64. The van der Waals surface area contributed by atoms with Crippen LogP contribution in [0.1, 0.15) is 6.92 Å². The van der Waals surface area contributed by atoms with Crippen molar-refractivity contribution in [3.05, 3.63) is 30.3 Å². The molecule has 2 amide bonds. The molecule has 1 heterocycles. The smallest absolute Gasteiger partial charge is 0.258 e. The number of hydrogen-bond donors (Lipinski definition) is 2. The summed E-state index contributed by atoms with van der Waals surface area (Å²) in [5.74, 6) is 0.281. The minimum atomic E-state index is -1.18. The number of amides is 2. The second kappa shape index (κ2) is 6.51. The first-order valence-electron chi connectivity index (χ1n) is 6.26. The van der Waals surface area contributed by atoms with Crippen molar-refractivity contribution < 1.29 is 18.5 Å². The molecule has 2 N–H and O–H groups in total. The summed E-state index contributed by atoms with van der Waals surface area (Å²) in [7, 11) is -1.18. The Bertz CT molecular complexity index is 520. The van der Waals surface area contributed by atoms with Gasteiger partial charge in [-0.25, -0.2) is 0 Å². The molecule has 0 aromatic heterocycles. The maximum Gasteiger partial charge on any atom is 0.258 e. The summed E-state index contributed by atoms with van der Waals surface area (Å²) in [6.45, 7) is 1.58. The molecule has 108 valence electrons. The van der Waals surface area contributed by atoms with Crippen LogP contribution in [0.2, 0.25) is 0 Å². The van der Waals surface area contributed by atoms with Gasteiger partial charge < -0.3 is 15.4 Å².